The Balaban J connectivity index is 2.63. The van der Waals surface area contributed by atoms with Crippen molar-refractivity contribution < 1.29 is 0 Å². The van der Waals surface area contributed by atoms with E-state index in [1.54, 1.807) is 17.7 Å². The molecule has 0 aromatic carbocycles. The quantitative estimate of drug-likeness (QED) is 0.642. The van der Waals surface area contributed by atoms with Gasteiger partial charge in [0.15, 0.2) is 0 Å². The molecule has 2 aromatic heterocycles. The van der Waals surface area contributed by atoms with Gasteiger partial charge in [0.05, 0.1) is 0 Å². The molecule has 2 nitrogen and oxygen atoms in total. The first-order chi connectivity index (χ1) is 6.45. The number of aromatic nitrogens is 2. The molecule has 0 spiro atoms. The molecular weight excluding hydrogens is 200 g/mol. The van der Waals surface area contributed by atoms with Gasteiger partial charge in [-0.05, 0) is 5.41 Å². The zero-order valence-corrected chi connectivity index (χ0v) is 8.36. The van der Waals surface area contributed by atoms with Crippen LogP contribution in [0, 0.1) is 0 Å². The lowest BCUT2D eigenvalue weighted by molar-refractivity contribution is 1.23. The zero-order valence-electron chi connectivity index (χ0n) is 6.73. The van der Waals surface area contributed by atoms with Crippen LogP contribution in [0.25, 0.3) is 21.7 Å². The molecule has 0 N–H and O–H groups in total. The van der Waals surface area contributed by atoms with E-state index in [-0.39, 0.29) is 0 Å². The van der Waals surface area contributed by atoms with Crippen molar-refractivity contribution in [1.29, 1.82) is 0 Å². The van der Waals surface area contributed by atoms with E-state index in [4.69, 9.17) is 0 Å². The first-order valence-electron chi connectivity index (χ1n) is 3.96. The van der Waals surface area contributed by atoms with Gasteiger partial charge in [0.1, 0.15) is 11.2 Å². The average Bonchev–Trinajstić information content (AvgIpc) is 2.56. The smallest absolute Gasteiger partial charge is 0.127 e. The maximum absolute atomic E-state index is 4.24. The zero-order chi connectivity index (χ0) is 8.67. The fraction of sp³-hybridized carbons (Fsp3) is 0.111. The SMILES string of the molecule is C1=c2sc3ncncc3c2=CCS1. The standard InChI is InChI=1S/C9H6N2S2/c1-2-12-4-8-6(1)7-3-10-5-11-9(7)13-8/h1,3-5H,2H2. The van der Waals surface area contributed by atoms with Gasteiger partial charge in [0, 0.05) is 27.1 Å². The van der Waals surface area contributed by atoms with E-state index in [0.29, 0.717) is 0 Å². The molecule has 13 heavy (non-hydrogen) atoms. The lowest BCUT2D eigenvalue weighted by atomic mass is 10.3. The minimum Gasteiger partial charge on any atom is -0.244 e. The van der Waals surface area contributed by atoms with Crippen molar-refractivity contribution in [3.8, 4) is 0 Å². The molecule has 0 bridgehead atoms. The number of rotatable bonds is 0. The van der Waals surface area contributed by atoms with E-state index < -0.39 is 0 Å². The molecule has 0 fully saturated rings. The Kier molecular flexibility index (Phi) is 1.63. The molecular formula is C9H6N2S2. The van der Waals surface area contributed by atoms with Gasteiger partial charge < -0.3 is 0 Å². The summed E-state index contributed by atoms with van der Waals surface area (Å²) >= 11 is 3.58. The van der Waals surface area contributed by atoms with E-state index in [0.717, 1.165) is 10.6 Å². The van der Waals surface area contributed by atoms with Gasteiger partial charge in [0.2, 0.25) is 0 Å². The highest BCUT2D eigenvalue weighted by atomic mass is 32.2. The summed E-state index contributed by atoms with van der Waals surface area (Å²) in [5.74, 6) is 1.06. The van der Waals surface area contributed by atoms with Gasteiger partial charge >= 0.3 is 0 Å². The Labute approximate surface area is 83.0 Å². The summed E-state index contributed by atoms with van der Waals surface area (Å²) in [6.45, 7) is 0. The number of hydrogen-bond acceptors (Lipinski definition) is 4. The van der Waals surface area contributed by atoms with Gasteiger partial charge in [-0.2, -0.15) is 0 Å². The fourth-order valence-electron chi connectivity index (χ4n) is 1.43. The summed E-state index contributed by atoms with van der Waals surface area (Å²) in [7, 11) is 0. The normalized spacial score (nSPS) is 14.8. The third-order valence-corrected chi connectivity index (χ3v) is 4.00. The maximum Gasteiger partial charge on any atom is 0.127 e. The van der Waals surface area contributed by atoms with Gasteiger partial charge in [0.25, 0.3) is 0 Å². The van der Waals surface area contributed by atoms with Crippen molar-refractivity contribution in [3.05, 3.63) is 22.3 Å². The van der Waals surface area contributed by atoms with Crippen LogP contribution in [0.5, 0.6) is 0 Å². The molecule has 0 saturated heterocycles. The van der Waals surface area contributed by atoms with Crippen LogP contribution >= 0.6 is 23.1 Å². The second kappa shape index (κ2) is 2.82. The van der Waals surface area contributed by atoms with E-state index in [1.807, 2.05) is 18.0 Å². The average molecular weight is 206 g/mol. The Morgan fingerprint density at radius 2 is 2.38 bits per heavy atom. The van der Waals surface area contributed by atoms with Crippen LogP contribution in [0.4, 0.5) is 0 Å². The number of fused-ring (bicyclic) bond motifs is 3. The molecule has 2 aromatic rings. The molecule has 0 atom stereocenters. The van der Waals surface area contributed by atoms with Crippen molar-refractivity contribution in [2.75, 3.05) is 5.75 Å². The molecule has 0 amide bonds. The largest absolute Gasteiger partial charge is 0.244 e. The van der Waals surface area contributed by atoms with Gasteiger partial charge in [-0.15, -0.1) is 23.1 Å². The molecule has 0 unspecified atom stereocenters. The van der Waals surface area contributed by atoms with E-state index >= 15 is 0 Å². The highest BCUT2D eigenvalue weighted by Gasteiger charge is 2.03. The minimum absolute atomic E-state index is 1.06. The van der Waals surface area contributed by atoms with Crippen LogP contribution in [-0.4, -0.2) is 15.7 Å². The molecule has 1 aliphatic rings. The third kappa shape index (κ3) is 1.09. The maximum atomic E-state index is 4.24. The summed E-state index contributed by atoms with van der Waals surface area (Å²) < 4.78 is 1.33. The first-order valence-corrected chi connectivity index (χ1v) is 5.82. The van der Waals surface area contributed by atoms with Crippen LogP contribution in [0.2, 0.25) is 0 Å². The molecule has 3 rings (SSSR count). The topological polar surface area (TPSA) is 25.8 Å². The molecule has 3 heterocycles. The molecule has 0 aliphatic carbocycles. The van der Waals surface area contributed by atoms with E-state index in [2.05, 4.69) is 21.5 Å². The Morgan fingerprint density at radius 1 is 1.38 bits per heavy atom. The second-order valence-electron chi connectivity index (χ2n) is 2.78. The number of hydrogen-bond donors (Lipinski definition) is 0. The number of thioether (sulfide) groups is 1. The van der Waals surface area contributed by atoms with Crippen LogP contribution in [0.3, 0.4) is 0 Å². The molecule has 64 valence electrons. The van der Waals surface area contributed by atoms with Crippen molar-refractivity contribution in [2.45, 2.75) is 0 Å². The van der Waals surface area contributed by atoms with Crippen LogP contribution < -0.4 is 9.75 Å². The van der Waals surface area contributed by atoms with Gasteiger partial charge in [-0.25, -0.2) is 9.97 Å². The monoisotopic (exact) mass is 206 g/mol. The van der Waals surface area contributed by atoms with Crippen LogP contribution in [0.1, 0.15) is 0 Å². The summed E-state index contributed by atoms with van der Waals surface area (Å²) in [5, 5.41) is 4.72. The third-order valence-electron chi connectivity index (χ3n) is 2.01. The van der Waals surface area contributed by atoms with Crippen molar-refractivity contribution in [1.82, 2.24) is 9.97 Å². The van der Waals surface area contributed by atoms with Crippen molar-refractivity contribution in [3.63, 3.8) is 0 Å². The van der Waals surface area contributed by atoms with Crippen molar-refractivity contribution >= 4 is 44.8 Å². The number of thiophene rings is 1. The molecule has 0 radical (unpaired) electrons. The summed E-state index contributed by atoms with van der Waals surface area (Å²) in [4.78, 5) is 9.39. The second-order valence-corrected chi connectivity index (χ2v) is 4.71. The predicted octanol–water partition coefficient (Wildman–Crippen LogP) is 0.957. The van der Waals surface area contributed by atoms with E-state index in [9.17, 15) is 0 Å². The van der Waals surface area contributed by atoms with Crippen molar-refractivity contribution in [2.24, 2.45) is 0 Å². The highest BCUT2D eigenvalue weighted by molar-refractivity contribution is 8.07. The predicted molar refractivity (Wildman–Crippen MR) is 58.1 cm³/mol. The summed E-state index contributed by atoms with van der Waals surface area (Å²) in [6, 6.07) is 0. The molecule has 4 heteroatoms. The van der Waals surface area contributed by atoms with Gasteiger partial charge in [-0.1, -0.05) is 6.08 Å². The lowest BCUT2D eigenvalue weighted by Crippen LogP contribution is -2.20. The summed E-state index contributed by atoms with van der Waals surface area (Å²) in [6.07, 6.45) is 5.76. The summed E-state index contributed by atoms with van der Waals surface area (Å²) in [5.41, 5.74) is 0. The van der Waals surface area contributed by atoms with E-state index in [1.165, 1.54) is 15.1 Å². The lowest BCUT2D eigenvalue weighted by Gasteiger charge is -1.92. The Morgan fingerprint density at radius 3 is 3.38 bits per heavy atom. The van der Waals surface area contributed by atoms with Crippen LogP contribution in [0.15, 0.2) is 12.5 Å². The van der Waals surface area contributed by atoms with Gasteiger partial charge in [-0.3, -0.25) is 0 Å². The Bertz CT molecular complexity index is 571. The minimum atomic E-state index is 1.06. The fourth-order valence-corrected chi connectivity index (χ4v) is 3.35. The highest BCUT2D eigenvalue weighted by Crippen LogP contribution is 2.12. The van der Waals surface area contributed by atoms with Crippen LogP contribution in [-0.2, 0) is 0 Å². The molecule has 1 aliphatic heterocycles. The number of nitrogens with zero attached hydrogens (tertiary/aromatic N) is 2. The Hall–Kier alpha value is -0.870. The molecule has 0 saturated carbocycles. The first kappa shape index (κ1) is 7.53.